The molecular weight excluding hydrogens is 390 g/mol. The number of hydrogen-bond donors (Lipinski definition) is 0. The Labute approximate surface area is 180 Å². The minimum atomic E-state index is -0.0868. The van der Waals surface area contributed by atoms with Crippen LogP contribution in [0.2, 0.25) is 0 Å². The first-order valence-corrected chi connectivity index (χ1v) is 10.3. The number of aromatic nitrogens is 4. The van der Waals surface area contributed by atoms with Gasteiger partial charge in [-0.2, -0.15) is 15.5 Å². The quantitative estimate of drug-likeness (QED) is 0.495. The molecule has 156 valence electrons. The van der Waals surface area contributed by atoms with Crippen LogP contribution in [-0.2, 0) is 13.5 Å². The van der Waals surface area contributed by atoms with Crippen molar-refractivity contribution in [2.24, 2.45) is 7.05 Å². The highest BCUT2D eigenvalue weighted by atomic mass is 16.5. The Bertz CT molecular complexity index is 1330. The molecule has 2 heterocycles. The van der Waals surface area contributed by atoms with Gasteiger partial charge in [0, 0.05) is 24.1 Å². The van der Waals surface area contributed by atoms with Crippen molar-refractivity contribution in [3.05, 3.63) is 65.1 Å². The Balaban J connectivity index is 1.55. The van der Waals surface area contributed by atoms with Gasteiger partial charge < -0.3 is 9.47 Å². The Morgan fingerprint density at radius 3 is 2.81 bits per heavy atom. The minimum absolute atomic E-state index is 0.0868. The summed E-state index contributed by atoms with van der Waals surface area (Å²) in [6.45, 7) is 2.05. The van der Waals surface area contributed by atoms with E-state index in [0.29, 0.717) is 11.3 Å². The normalized spacial score (nSPS) is 15.5. The molecule has 2 aromatic heterocycles. The summed E-state index contributed by atoms with van der Waals surface area (Å²) in [5.41, 5.74) is 5.69. The summed E-state index contributed by atoms with van der Waals surface area (Å²) in [6.07, 6.45) is 8.30. The molecule has 1 unspecified atom stereocenters. The summed E-state index contributed by atoms with van der Waals surface area (Å²) in [5.74, 6) is 1.51. The summed E-state index contributed by atoms with van der Waals surface area (Å²) >= 11 is 0. The van der Waals surface area contributed by atoms with Gasteiger partial charge in [-0.3, -0.25) is 4.68 Å². The second kappa shape index (κ2) is 7.47. The van der Waals surface area contributed by atoms with Gasteiger partial charge in [-0.05, 0) is 49.4 Å². The van der Waals surface area contributed by atoms with Crippen LogP contribution in [0.4, 0.5) is 0 Å². The fourth-order valence-corrected chi connectivity index (χ4v) is 4.44. The van der Waals surface area contributed by atoms with E-state index in [1.165, 1.54) is 0 Å². The molecule has 1 aliphatic rings. The molecule has 0 fully saturated rings. The third-order valence-electron chi connectivity index (χ3n) is 5.93. The average molecular weight is 413 g/mol. The fraction of sp³-hybridized carbons (Fsp3) is 0.292. The predicted molar refractivity (Wildman–Crippen MR) is 117 cm³/mol. The van der Waals surface area contributed by atoms with E-state index in [2.05, 4.69) is 35.3 Å². The highest BCUT2D eigenvalue weighted by molar-refractivity contribution is 5.83. The number of fused-ring (bicyclic) bond motifs is 2. The summed E-state index contributed by atoms with van der Waals surface area (Å²) in [7, 11) is 3.51. The van der Waals surface area contributed by atoms with E-state index in [-0.39, 0.29) is 6.10 Å². The number of ether oxygens (including phenoxy) is 2. The van der Waals surface area contributed by atoms with Gasteiger partial charge in [0.05, 0.1) is 36.8 Å². The second-order valence-electron chi connectivity index (χ2n) is 7.93. The second-order valence-corrected chi connectivity index (χ2v) is 7.93. The van der Waals surface area contributed by atoms with E-state index in [0.717, 1.165) is 58.3 Å². The molecule has 1 aliphatic carbocycles. The van der Waals surface area contributed by atoms with Crippen LogP contribution in [0.5, 0.6) is 11.5 Å². The molecule has 5 rings (SSSR count). The van der Waals surface area contributed by atoms with Crippen molar-refractivity contribution >= 4 is 10.9 Å². The molecule has 31 heavy (non-hydrogen) atoms. The smallest absolute Gasteiger partial charge is 0.140 e. The molecule has 4 aromatic rings. The Morgan fingerprint density at radius 2 is 2.06 bits per heavy atom. The maximum atomic E-state index is 9.41. The van der Waals surface area contributed by atoms with E-state index in [4.69, 9.17) is 9.47 Å². The molecular formula is C24H23N5O2. The molecule has 7 heteroatoms. The lowest BCUT2D eigenvalue weighted by atomic mass is 9.87. The summed E-state index contributed by atoms with van der Waals surface area (Å²) in [4.78, 5) is 0. The molecule has 0 aliphatic heterocycles. The number of methoxy groups -OCH3 is 1. The molecule has 0 saturated heterocycles. The number of hydrogen-bond acceptors (Lipinski definition) is 5. The SMILES string of the molecule is COc1c(C#N)ccc2c1CCCC2Oc1cc2c(cnn2-c2cnn(C)c2)cc1C. The maximum Gasteiger partial charge on any atom is 0.140 e. The first-order chi connectivity index (χ1) is 15.1. The van der Waals surface area contributed by atoms with Gasteiger partial charge >= 0.3 is 0 Å². The van der Waals surface area contributed by atoms with Crippen molar-refractivity contribution in [1.29, 1.82) is 5.26 Å². The van der Waals surface area contributed by atoms with E-state index in [1.54, 1.807) is 18.0 Å². The fourth-order valence-electron chi connectivity index (χ4n) is 4.44. The minimum Gasteiger partial charge on any atom is -0.495 e. The van der Waals surface area contributed by atoms with Crippen LogP contribution in [0.1, 0.15) is 41.2 Å². The lowest BCUT2D eigenvalue weighted by Gasteiger charge is -2.28. The van der Waals surface area contributed by atoms with Gasteiger partial charge in [0.1, 0.15) is 29.4 Å². The molecule has 0 spiro atoms. The van der Waals surface area contributed by atoms with Crippen LogP contribution in [-0.4, -0.2) is 26.7 Å². The van der Waals surface area contributed by atoms with Crippen LogP contribution in [0.25, 0.3) is 16.6 Å². The molecule has 0 saturated carbocycles. The van der Waals surface area contributed by atoms with Crippen molar-refractivity contribution in [1.82, 2.24) is 19.6 Å². The largest absolute Gasteiger partial charge is 0.495 e. The predicted octanol–water partition coefficient (Wildman–Crippen LogP) is 4.40. The highest BCUT2D eigenvalue weighted by Crippen LogP contribution is 2.40. The standard InChI is InChI=1S/C24H23N5O2/c1-15-9-17-12-27-29(18-13-26-28(2)14-18)21(17)10-23(15)31-22-6-4-5-20-19(22)8-7-16(11-25)24(20)30-3/h7-10,12-14,22H,4-6H2,1-3H3. The summed E-state index contributed by atoms with van der Waals surface area (Å²) < 4.78 is 15.8. The molecule has 0 amide bonds. The molecule has 0 N–H and O–H groups in total. The Morgan fingerprint density at radius 1 is 1.19 bits per heavy atom. The first kappa shape index (κ1) is 19.2. The average Bonchev–Trinajstić information content (AvgIpc) is 3.38. The number of nitrogens with zero attached hydrogens (tertiary/aromatic N) is 5. The first-order valence-electron chi connectivity index (χ1n) is 10.3. The van der Waals surface area contributed by atoms with Gasteiger partial charge in [0.25, 0.3) is 0 Å². The molecule has 0 radical (unpaired) electrons. The zero-order valence-electron chi connectivity index (χ0n) is 17.8. The Hall–Kier alpha value is -3.79. The van der Waals surface area contributed by atoms with Crippen LogP contribution in [0.3, 0.4) is 0 Å². The molecule has 0 bridgehead atoms. The van der Waals surface area contributed by atoms with Crippen molar-refractivity contribution in [3.63, 3.8) is 0 Å². The third-order valence-corrected chi connectivity index (χ3v) is 5.93. The topological polar surface area (TPSA) is 77.9 Å². The van der Waals surface area contributed by atoms with Crippen LogP contribution in [0, 0.1) is 18.3 Å². The van der Waals surface area contributed by atoms with Crippen LogP contribution >= 0.6 is 0 Å². The van der Waals surface area contributed by atoms with E-state index >= 15 is 0 Å². The maximum absolute atomic E-state index is 9.41. The van der Waals surface area contributed by atoms with E-state index in [1.807, 2.05) is 36.3 Å². The highest BCUT2D eigenvalue weighted by Gasteiger charge is 2.26. The summed E-state index contributed by atoms with van der Waals surface area (Å²) in [6, 6.07) is 10.2. The molecule has 2 aromatic carbocycles. The zero-order chi connectivity index (χ0) is 21.5. The van der Waals surface area contributed by atoms with Crippen molar-refractivity contribution < 1.29 is 9.47 Å². The number of aryl methyl sites for hydroxylation is 2. The lowest BCUT2D eigenvalue weighted by molar-refractivity contribution is 0.181. The number of nitriles is 1. The monoisotopic (exact) mass is 413 g/mol. The molecule has 1 atom stereocenters. The van der Waals surface area contributed by atoms with Crippen LogP contribution < -0.4 is 9.47 Å². The third kappa shape index (κ3) is 3.21. The van der Waals surface area contributed by atoms with E-state index in [9.17, 15) is 5.26 Å². The van der Waals surface area contributed by atoms with Gasteiger partial charge in [-0.25, -0.2) is 4.68 Å². The van der Waals surface area contributed by atoms with E-state index < -0.39 is 0 Å². The van der Waals surface area contributed by atoms with Crippen molar-refractivity contribution in [2.75, 3.05) is 7.11 Å². The Kier molecular flexibility index (Phi) is 4.63. The summed E-state index contributed by atoms with van der Waals surface area (Å²) in [5, 5.41) is 19.3. The van der Waals surface area contributed by atoms with Gasteiger partial charge in [0.15, 0.2) is 0 Å². The van der Waals surface area contributed by atoms with Crippen molar-refractivity contribution in [3.8, 4) is 23.3 Å². The van der Waals surface area contributed by atoms with Gasteiger partial charge in [0.2, 0.25) is 0 Å². The number of rotatable bonds is 4. The molecule has 7 nitrogen and oxygen atoms in total. The number of benzene rings is 2. The zero-order valence-corrected chi connectivity index (χ0v) is 17.8. The lowest BCUT2D eigenvalue weighted by Crippen LogP contribution is -2.17. The van der Waals surface area contributed by atoms with Crippen molar-refractivity contribution in [2.45, 2.75) is 32.3 Å². The van der Waals surface area contributed by atoms with Gasteiger partial charge in [-0.1, -0.05) is 6.07 Å². The van der Waals surface area contributed by atoms with Crippen LogP contribution in [0.15, 0.2) is 42.9 Å². The van der Waals surface area contributed by atoms with Gasteiger partial charge in [-0.15, -0.1) is 0 Å².